The number of amides is 7. The minimum absolute atomic E-state index is 0.0434. The van der Waals surface area contributed by atoms with E-state index in [4.69, 9.17) is 4.74 Å². The molecule has 3 aliphatic heterocycles. The molecule has 0 bridgehead atoms. The summed E-state index contributed by atoms with van der Waals surface area (Å²) in [5, 5.41) is 14.2. The van der Waals surface area contributed by atoms with E-state index in [-0.39, 0.29) is 26.2 Å². The Morgan fingerprint density at radius 1 is 1.16 bits per heavy atom. The minimum atomic E-state index is -1.52. The van der Waals surface area contributed by atoms with Gasteiger partial charge in [0.1, 0.15) is 6.04 Å². The highest BCUT2D eigenvalue weighted by atomic mass is 32.2. The Kier molecular flexibility index (Phi) is 9.13. The van der Waals surface area contributed by atoms with Crippen molar-refractivity contribution >= 4 is 53.8 Å². The molecular weight excluding hydrogens is 584 g/mol. The van der Waals surface area contributed by atoms with Crippen molar-refractivity contribution in [3.8, 4) is 0 Å². The van der Waals surface area contributed by atoms with E-state index < -0.39 is 74.6 Å². The number of piperazine rings is 1. The van der Waals surface area contributed by atoms with Gasteiger partial charge in [-0.2, -0.15) is 5.43 Å². The van der Waals surface area contributed by atoms with E-state index in [0.29, 0.717) is 11.3 Å². The predicted molar refractivity (Wildman–Crippen MR) is 150 cm³/mol. The van der Waals surface area contributed by atoms with Gasteiger partial charge >= 0.3 is 29.7 Å². The predicted octanol–water partition coefficient (Wildman–Crippen LogP) is -0.832. The van der Waals surface area contributed by atoms with E-state index in [1.54, 1.807) is 45.0 Å². The van der Waals surface area contributed by atoms with Crippen LogP contribution in [0.15, 0.2) is 30.3 Å². The second kappa shape index (κ2) is 12.3. The monoisotopic (exact) mass is 619 g/mol. The molecule has 3 fully saturated rings. The second-order valence-corrected chi connectivity index (χ2v) is 12.7. The number of thioether (sulfide) groups is 1. The third-order valence-corrected chi connectivity index (χ3v) is 9.58. The van der Waals surface area contributed by atoms with E-state index in [2.05, 4.69) is 16.1 Å². The molecule has 43 heavy (non-hydrogen) atoms. The largest absolute Gasteiger partial charge is 0.477 e. The molecule has 232 valence electrons. The molecule has 0 saturated carbocycles. The van der Waals surface area contributed by atoms with Crippen LogP contribution in [0.3, 0.4) is 0 Å². The van der Waals surface area contributed by atoms with Gasteiger partial charge < -0.3 is 25.4 Å². The van der Waals surface area contributed by atoms with Crippen LogP contribution in [-0.4, -0.2) is 116 Å². The molecule has 6 atom stereocenters. The number of hydrogen-bond acceptors (Lipinski definition) is 9. The number of carbonyl (C=O) groups is 7. The highest BCUT2D eigenvalue weighted by molar-refractivity contribution is 8.01. The van der Waals surface area contributed by atoms with Crippen molar-refractivity contribution in [1.29, 1.82) is 0 Å². The molecule has 0 spiro atoms. The van der Waals surface area contributed by atoms with Crippen LogP contribution in [-0.2, 0) is 40.1 Å². The average molecular weight is 620 g/mol. The number of likely N-dealkylation sites (N-methyl/N-ethyl adjacent to an activating group) is 1. The molecule has 3 saturated heterocycles. The van der Waals surface area contributed by atoms with Crippen molar-refractivity contribution in [2.75, 3.05) is 19.6 Å². The SMILES string of the molecule is CCN1CCN(C(=O)N[C@@H](C(=O)N[N+]23C(=O)[C@@H](NC=O)[C@H]2SC(C)(C)[C@@H]3C(=O)O)[C@H](C)OCc2ccccc2)C(=O)C1=O. The summed E-state index contributed by atoms with van der Waals surface area (Å²) >= 11 is 1.13. The van der Waals surface area contributed by atoms with Crippen LogP contribution in [0.5, 0.6) is 0 Å². The van der Waals surface area contributed by atoms with Crippen LogP contribution in [0.1, 0.15) is 33.3 Å². The molecule has 4 N–H and O–H groups in total. The van der Waals surface area contributed by atoms with Gasteiger partial charge in [-0.15, -0.1) is 4.59 Å². The Morgan fingerprint density at radius 3 is 2.44 bits per heavy atom. The van der Waals surface area contributed by atoms with E-state index >= 15 is 0 Å². The number of β-lactam (4-membered cyclic amide) rings is 1. The first-order chi connectivity index (χ1) is 20.3. The van der Waals surface area contributed by atoms with Crippen LogP contribution < -0.4 is 16.1 Å². The molecule has 3 heterocycles. The third kappa shape index (κ3) is 5.69. The number of ether oxygens (including phenoxy) is 1. The number of aliphatic carboxylic acids is 1. The average Bonchev–Trinajstić information content (AvgIpc) is 3.18. The fourth-order valence-corrected chi connectivity index (χ4v) is 7.52. The Balaban J connectivity index is 1.63. The molecule has 16 heteroatoms. The second-order valence-electron chi connectivity index (χ2n) is 11.0. The van der Waals surface area contributed by atoms with Crippen molar-refractivity contribution in [1.82, 2.24) is 25.9 Å². The Labute approximate surface area is 251 Å². The van der Waals surface area contributed by atoms with Crippen LogP contribution in [0.2, 0.25) is 0 Å². The van der Waals surface area contributed by atoms with E-state index in [9.17, 15) is 38.7 Å². The summed E-state index contributed by atoms with van der Waals surface area (Å²) in [6.07, 6.45) is -0.714. The molecule has 1 aromatic rings. The number of carboxylic acid groups (broad SMARTS) is 1. The summed E-state index contributed by atoms with van der Waals surface area (Å²) < 4.78 is 3.86. The number of fused-ring (bicyclic) bond motifs is 1. The topological polar surface area (TPSA) is 192 Å². The lowest BCUT2D eigenvalue weighted by Crippen LogP contribution is -2.87. The van der Waals surface area contributed by atoms with Crippen LogP contribution in [0.4, 0.5) is 4.79 Å². The van der Waals surface area contributed by atoms with Gasteiger partial charge in [-0.1, -0.05) is 42.1 Å². The maximum atomic E-state index is 13.9. The maximum Gasteiger partial charge on any atom is 0.369 e. The van der Waals surface area contributed by atoms with E-state index in [1.165, 1.54) is 11.8 Å². The van der Waals surface area contributed by atoms with Gasteiger partial charge in [0.15, 0.2) is 0 Å². The fourth-order valence-electron chi connectivity index (χ4n) is 5.73. The molecule has 1 aromatic carbocycles. The first-order valence-corrected chi connectivity index (χ1v) is 14.6. The van der Waals surface area contributed by atoms with Gasteiger partial charge in [-0.05, 0) is 33.3 Å². The number of quaternary nitrogens is 1. The summed E-state index contributed by atoms with van der Waals surface area (Å²) in [5.74, 6) is -4.96. The lowest BCUT2D eigenvalue weighted by atomic mass is 9.94. The van der Waals surface area contributed by atoms with Crippen LogP contribution in [0.25, 0.3) is 0 Å². The summed E-state index contributed by atoms with van der Waals surface area (Å²) in [4.78, 5) is 91.4. The van der Waals surface area contributed by atoms with Gasteiger partial charge in [0.2, 0.25) is 23.9 Å². The normalized spacial score (nSPS) is 27.4. The van der Waals surface area contributed by atoms with Gasteiger partial charge in [0.05, 0.1) is 17.5 Å². The summed E-state index contributed by atoms with van der Waals surface area (Å²) in [7, 11) is 0. The highest BCUT2D eigenvalue weighted by Crippen LogP contribution is 2.55. The Hall–Kier alpha value is -4.02. The van der Waals surface area contributed by atoms with Crippen molar-refractivity contribution < 1.29 is 48.0 Å². The molecule has 0 aliphatic carbocycles. The number of hydrogen-bond donors (Lipinski definition) is 4. The van der Waals surface area contributed by atoms with Crippen molar-refractivity contribution in [2.24, 2.45) is 0 Å². The van der Waals surface area contributed by atoms with E-state index in [0.717, 1.165) is 17.3 Å². The van der Waals surface area contributed by atoms with Gasteiger partial charge in [-0.25, -0.2) is 14.4 Å². The number of imide groups is 1. The van der Waals surface area contributed by atoms with E-state index in [1.807, 2.05) is 6.07 Å². The zero-order chi connectivity index (χ0) is 31.7. The van der Waals surface area contributed by atoms with Crippen LogP contribution in [0, 0.1) is 0 Å². The quantitative estimate of drug-likeness (QED) is 0.105. The number of rotatable bonds is 11. The molecule has 15 nitrogen and oxygen atoms in total. The summed E-state index contributed by atoms with van der Waals surface area (Å²) in [5.41, 5.74) is 3.33. The fraction of sp³-hybridized carbons (Fsp3) is 0.519. The number of benzene rings is 1. The Bertz CT molecular complexity index is 1330. The van der Waals surface area contributed by atoms with Crippen LogP contribution >= 0.6 is 11.8 Å². The summed E-state index contributed by atoms with van der Waals surface area (Å²) in [6.45, 7) is 6.76. The smallest absolute Gasteiger partial charge is 0.369 e. The zero-order valence-electron chi connectivity index (χ0n) is 24.1. The number of carbonyl (C=O) groups excluding carboxylic acids is 6. The standard InChI is InChI=1S/C27H34N6O9S/c1-5-31-11-12-32(22(37)21(31)36)26(41)29-17(15(2)42-13-16-9-7-6-8-10-16)20(35)30-33-19(25(39)40)27(3,4)43-24(33)18(23(33)38)28-14-34/h6-10,14-15,17-19,24H,5,11-13H2,1-4H3,(H3-,28,29,30,34,35,39,40,41)/p+1/t15-,17+,18+,19-,24+,33?/m0/s1. The lowest BCUT2D eigenvalue weighted by molar-refractivity contribution is -0.937. The molecule has 3 aliphatic rings. The van der Waals surface area contributed by atoms with Crippen molar-refractivity contribution in [3.05, 3.63) is 35.9 Å². The Morgan fingerprint density at radius 2 is 1.84 bits per heavy atom. The van der Waals surface area contributed by atoms with Gasteiger partial charge in [0.25, 0.3) is 5.91 Å². The molecule has 0 aromatic heterocycles. The first-order valence-electron chi connectivity index (χ1n) is 13.7. The molecule has 7 amide bonds. The molecular formula is C27H35N6O9S+. The first kappa shape index (κ1) is 31.9. The zero-order valence-corrected chi connectivity index (χ0v) is 25.0. The number of urea groups is 1. The van der Waals surface area contributed by atoms with Crippen molar-refractivity contribution in [2.45, 2.75) is 68.7 Å². The lowest BCUT2D eigenvalue weighted by Gasteiger charge is -2.49. The van der Waals surface area contributed by atoms with Gasteiger partial charge in [0, 0.05) is 19.6 Å². The molecule has 1 unspecified atom stereocenters. The maximum absolute atomic E-state index is 13.9. The third-order valence-electron chi connectivity index (χ3n) is 7.91. The number of nitrogens with zero attached hydrogens (tertiary/aromatic N) is 3. The molecule has 0 radical (unpaired) electrons. The molecule has 4 rings (SSSR count). The summed E-state index contributed by atoms with van der Waals surface area (Å²) in [6, 6.07) is 3.96. The van der Waals surface area contributed by atoms with Crippen molar-refractivity contribution in [3.63, 3.8) is 0 Å². The number of carboxylic acids is 1. The van der Waals surface area contributed by atoms with Gasteiger partial charge in [-0.3, -0.25) is 24.1 Å². The highest BCUT2D eigenvalue weighted by Gasteiger charge is 2.80. The number of nitrogens with one attached hydrogen (secondary N) is 3. The minimum Gasteiger partial charge on any atom is -0.477 e.